The lowest BCUT2D eigenvalue weighted by atomic mass is 10.1. The normalized spacial score (nSPS) is 25.4. The number of hydrogen-bond acceptors (Lipinski definition) is 3. The van der Waals surface area contributed by atoms with Crippen molar-refractivity contribution in [1.82, 2.24) is 15.1 Å². The van der Waals surface area contributed by atoms with E-state index in [1.54, 1.807) is 0 Å². The average Bonchev–Trinajstić information content (AvgIpc) is 2.69. The van der Waals surface area contributed by atoms with E-state index in [4.69, 9.17) is 16.3 Å². The lowest BCUT2D eigenvalue weighted by Gasteiger charge is -2.25. The molecule has 3 heterocycles. The van der Waals surface area contributed by atoms with Crippen molar-refractivity contribution in [2.24, 2.45) is 0 Å². The van der Waals surface area contributed by atoms with Crippen LogP contribution in [-0.4, -0.2) is 29.5 Å². The molecule has 0 saturated carbocycles. The summed E-state index contributed by atoms with van der Waals surface area (Å²) < 4.78 is 7.63. The highest BCUT2D eigenvalue weighted by atomic mass is 35.5. The van der Waals surface area contributed by atoms with Gasteiger partial charge in [0.15, 0.2) is 5.15 Å². The zero-order chi connectivity index (χ0) is 11.0. The van der Waals surface area contributed by atoms with E-state index in [1.165, 1.54) is 11.3 Å². The predicted molar refractivity (Wildman–Crippen MR) is 61.7 cm³/mol. The summed E-state index contributed by atoms with van der Waals surface area (Å²) in [7, 11) is 0. The lowest BCUT2D eigenvalue weighted by molar-refractivity contribution is 0.0538. The highest BCUT2D eigenvalue weighted by molar-refractivity contribution is 6.30. The first-order chi connectivity index (χ1) is 7.86. The number of halogens is 1. The molecule has 5 heteroatoms. The van der Waals surface area contributed by atoms with Gasteiger partial charge in [0.25, 0.3) is 0 Å². The van der Waals surface area contributed by atoms with E-state index in [9.17, 15) is 0 Å². The molecule has 1 atom stereocenters. The minimum atomic E-state index is 0.382. The SMILES string of the molecule is Clc1nn(C2CCCOC2)c2c1CNCC2. The van der Waals surface area contributed by atoms with Crippen molar-refractivity contribution >= 4 is 11.6 Å². The number of fused-ring (bicyclic) bond motifs is 1. The van der Waals surface area contributed by atoms with Crippen LogP contribution in [0.1, 0.15) is 30.1 Å². The Kier molecular flexibility index (Phi) is 2.88. The Balaban J connectivity index is 1.93. The van der Waals surface area contributed by atoms with Gasteiger partial charge < -0.3 is 10.1 Å². The summed E-state index contributed by atoms with van der Waals surface area (Å²) in [6.07, 6.45) is 3.29. The fourth-order valence-electron chi connectivity index (χ4n) is 2.55. The molecule has 88 valence electrons. The first-order valence-electron chi connectivity index (χ1n) is 5.90. The Labute approximate surface area is 99.9 Å². The Morgan fingerprint density at radius 3 is 3.25 bits per heavy atom. The molecule has 1 saturated heterocycles. The number of hydrogen-bond donors (Lipinski definition) is 1. The maximum atomic E-state index is 6.17. The molecule has 0 radical (unpaired) electrons. The quantitative estimate of drug-likeness (QED) is 0.811. The molecule has 0 aromatic carbocycles. The largest absolute Gasteiger partial charge is 0.379 e. The summed E-state index contributed by atoms with van der Waals surface area (Å²) in [5, 5.41) is 8.47. The van der Waals surface area contributed by atoms with Gasteiger partial charge >= 0.3 is 0 Å². The van der Waals surface area contributed by atoms with Crippen molar-refractivity contribution in [3.05, 3.63) is 16.4 Å². The molecule has 1 aromatic heterocycles. The van der Waals surface area contributed by atoms with Crippen LogP contribution < -0.4 is 5.32 Å². The minimum absolute atomic E-state index is 0.382. The van der Waals surface area contributed by atoms with Crippen LogP contribution in [0.15, 0.2) is 0 Å². The molecule has 0 bridgehead atoms. The number of ether oxygens (including phenoxy) is 1. The Bertz CT molecular complexity index is 385. The van der Waals surface area contributed by atoms with Crippen molar-refractivity contribution in [1.29, 1.82) is 0 Å². The third kappa shape index (κ3) is 1.75. The topological polar surface area (TPSA) is 39.1 Å². The van der Waals surface area contributed by atoms with Crippen molar-refractivity contribution in [3.8, 4) is 0 Å². The Hall–Kier alpha value is -0.580. The van der Waals surface area contributed by atoms with Gasteiger partial charge in [-0.1, -0.05) is 11.6 Å². The van der Waals surface area contributed by atoms with Gasteiger partial charge in [0.1, 0.15) is 0 Å². The van der Waals surface area contributed by atoms with Crippen molar-refractivity contribution in [2.75, 3.05) is 19.8 Å². The van der Waals surface area contributed by atoms with Crippen LogP contribution in [0.4, 0.5) is 0 Å². The van der Waals surface area contributed by atoms with Crippen LogP contribution in [0.5, 0.6) is 0 Å². The third-order valence-electron chi connectivity index (χ3n) is 3.39. The van der Waals surface area contributed by atoms with E-state index in [2.05, 4.69) is 15.1 Å². The molecule has 1 N–H and O–H groups in total. The first kappa shape index (κ1) is 10.6. The number of nitrogens with zero attached hydrogens (tertiary/aromatic N) is 2. The van der Waals surface area contributed by atoms with E-state index in [0.29, 0.717) is 11.2 Å². The van der Waals surface area contributed by atoms with Crippen LogP contribution in [0.3, 0.4) is 0 Å². The maximum Gasteiger partial charge on any atom is 0.155 e. The fourth-order valence-corrected chi connectivity index (χ4v) is 2.81. The summed E-state index contributed by atoms with van der Waals surface area (Å²) in [5.41, 5.74) is 2.48. The van der Waals surface area contributed by atoms with E-state index in [1.807, 2.05) is 0 Å². The third-order valence-corrected chi connectivity index (χ3v) is 3.70. The second kappa shape index (κ2) is 4.35. The number of rotatable bonds is 1. The van der Waals surface area contributed by atoms with Crippen LogP contribution >= 0.6 is 11.6 Å². The lowest BCUT2D eigenvalue weighted by Crippen LogP contribution is -2.28. The van der Waals surface area contributed by atoms with Crippen molar-refractivity contribution in [3.63, 3.8) is 0 Å². The Morgan fingerprint density at radius 2 is 2.44 bits per heavy atom. The molecule has 2 aliphatic heterocycles. The molecular weight excluding hydrogens is 226 g/mol. The van der Waals surface area contributed by atoms with Crippen molar-refractivity contribution in [2.45, 2.75) is 31.8 Å². The molecule has 1 fully saturated rings. The zero-order valence-corrected chi connectivity index (χ0v) is 9.96. The minimum Gasteiger partial charge on any atom is -0.379 e. The van der Waals surface area contributed by atoms with Crippen molar-refractivity contribution < 1.29 is 4.74 Å². The van der Waals surface area contributed by atoms with Gasteiger partial charge in [-0.05, 0) is 12.8 Å². The number of nitrogens with one attached hydrogen (secondary N) is 1. The second-order valence-corrected chi connectivity index (χ2v) is 4.82. The molecular formula is C11H16ClN3O. The second-order valence-electron chi connectivity index (χ2n) is 4.46. The smallest absolute Gasteiger partial charge is 0.155 e. The molecule has 3 rings (SSSR count). The van der Waals surface area contributed by atoms with Gasteiger partial charge in [-0.2, -0.15) is 5.10 Å². The summed E-state index contributed by atoms with van der Waals surface area (Å²) in [5.74, 6) is 0. The molecule has 1 aromatic rings. The Morgan fingerprint density at radius 1 is 1.50 bits per heavy atom. The van der Waals surface area contributed by atoms with E-state index in [-0.39, 0.29) is 0 Å². The number of aromatic nitrogens is 2. The van der Waals surface area contributed by atoms with E-state index in [0.717, 1.165) is 45.6 Å². The summed E-state index contributed by atoms with van der Waals surface area (Å²) >= 11 is 6.17. The van der Waals surface area contributed by atoms with Gasteiger partial charge in [0.2, 0.25) is 0 Å². The zero-order valence-electron chi connectivity index (χ0n) is 9.21. The standard InChI is InChI=1S/C11H16ClN3O/c12-11-9-6-13-4-3-10(9)15(14-11)8-2-1-5-16-7-8/h8,13H,1-7H2. The fraction of sp³-hybridized carbons (Fsp3) is 0.727. The molecule has 16 heavy (non-hydrogen) atoms. The van der Waals surface area contributed by atoms with E-state index < -0.39 is 0 Å². The summed E-state index contributed by atoms with van der Waals surface area (Å²) in [4.78, 5) is 0. The molecule has 4 nitrogen and oxygen atoms in total. The van der Waals surface area contributed by atoms with Crippen LogP contribution in [0, 0.1) is 0 Å². The molecule has 1 unspecified atom stereocenters. The summed E-state index contributed by atoms with van der Waals surface area (Å²) in [6, 6.07) is 0.382. The highest BCUT2D eigenvalue weighted by Crippen LogP contribution is 2.28. The maximum absolute atomic E-state index is 6.17. The first-order valence-corrected chi connectivity index (χ1v) is 6.28. The average molecular weight is 242 g/mol. The molecule has 2 aliphatic rings. The predicted octanol–water partition coefficient (Wildman–Crippen LogP) is 1.53. The van der Waals surface area contributed by atoms with Gasteiger partial charge in [-0.25, -0.2) is 0 Å². The highest BCUT2D eigenvalue weighted by Gasteiger charge is 2.25. The van der Waals surface area contributed by atoms with E-state index >= 15 is 0 Å². The van der Waals surface area contributed by atoms with Gasteiger partial charge in [0.05, 0.1) is 12.6 Å². The van der Waals surface area contributed by atoms with Gasteiger partial charge in [-0.3, -0.25) is 4.68 Å². The van der Waals surface area contributed by atoms with Crippen LogP contribution in [0.2, 0.25) is 5.15 Å². The molecule has 0 aliphatic carbocycles. The molecule has 0 spiro atoms. The summed E-state index contributed by atoms with van der Waals surface area (Å²) in [6.45, 7) is 3.53. The van der Waals surface area contributed by atoms with Crippen LogP contribution in [-0.2, 0) is 17.7 Å². The van der Waals surface area contributed by atoms with Gasteiger partial charge in [0, 0.05) is 37.4 Å². The van der Waals surface area contributed by atoms with Gasteiger partial charge in [-0.15, -0.1) is 0 Å². The monoisotopic (exact) mass is 241 g/mol. The van der Waals surface area contributed by atoms with Crippen LogP contribution in [0.25, 0.3) is 0 Å². The molecule has 0 amide bonds.